The molecular formula is C15H14BrClN2O2. The lowest BCUT2D eigenvalue weighted by atomic mass is 9.81. The van der Waals surface area contributed by atoms with Crippen LogP contribution >= 0.6 is 27.5 Å². The van der Waals surface area contributed by atoms with Crippen LogP contribution in [0.2, 0.25) is 5.15 Å². The first-order valence-electron chi connectivity index (χ1n) is 6.77. The molecule has 4 nitrogen and oxygen atoms in total. The third kappa shape index (κ3) is 2.60. The summed E-state index contributed by atoms with van der Waals surface area (Å²) in [5, 5.41) is 0.0896. The van der Waals surface area contributed by atoms with Gasteiger partial charge in [-0.1, -0.05) is 46.6 Å². The van der Waals surface area contributed by atoms with Crippen LogP contribution in [-0.2, 0) is 0 Å². The number of aromatic nitrogens is 2. The van der Waals surface area contributed by atoms with Crippen LogP contribution in [0.5, 0.6) is 0 Å². The minimum absolute atomic E-state index is 0.0283. The average Bonchev–Trinajstić information content (AvgIpc) is 2.36. The number of halogens is 2. The molecule has 1 aromatic heterocycles. The Hall–Kier alpha value is -1.33. The lowest BCUT2D eigenvalue weighted by molar-refractivity contribution is 0.205. The van der Waals surface area contributed by atoms with E-state index in [9.17, 15) is 9.59 Å². The summed E-state index contributed by atoms with van der Waals surface area (Å²) >= 11 is 9.48. The zero-order chi connectivity index (χ0) is 15.1. The maximum Gasteiger partial charge on any atom is 0.329 e. The van der Waals surface area contributed by atoms with Crippen molar-refractivity contribution in [2.24, 2.45) is 5.92 Å². The highest BCUT2D eigenvalue weighted by Gasteiger charge is 2.30. The Morgan fingerprint density at radius 2 is 2.05 bits per heavy atom. The fourth-order valence-corrected chi connectivity index (χ4v) is 3.49. The van der Waals surface area contributed by atoms with Gasteiger partial charge in [-0.25, -0.2) is 4.79 Å². The summed E-state index contributed by atoms with van der Waals surface area (Å²) < 4.78 is 2.16. The Bertz CT molecular complexity index is 806. The molecule has 1 heterocycles. The van der Waals surface area contributed by atoms with Gasteiger partial charge in [-0.15, -0.1) is 0 Å². The molecule has 3 rings (SSSR count). The molecule has 6 heteroatoms. The molecule has 0 bridgehead atoms. The number of hydrogen-bond donors (Lipinski definition) is 1. The van der Waals surface area contributed by atoms with E-state index < -0.39 is 5.69 Å². The SMILES string of the molecule is CC1CC(n2c(=O)[nH]c(Cl)c(-c3cccc(Br)c3)c2=O)C1. The number of nitrogens with zero attached hydrogens (tertiary/aromatic N) is 1. The molecule has 2 aromatic rings. The quantitative estimate of drug-likeness (QED) is 0.823. The third-order valence-corrected chi connectivity index (χ3v) is 4.69. The molecule has 0 spiro atoms. The van der Waals surface area contributed by atoms with Crippen molar-refractivity contribution in [3.63, 3.8) is 0 Å². The van der Waals surface area contributed by atoms with Crippen molar-refractivity contribution in [1.29, 1.82) is 0 Å². The molecule has 1 aliphatic rings. The predicted octanol–water partition coefficient (Wildman–Crippen LogP) is 3.59. The smallest absolute Gasteiger partial charge is 0.297 e. The minimum Gasteiger partial charge on any atom is -0.297 e. The van der Waals surface area contributed by atoms with Gasteiger partial charge in [0.2, 0.25) is 0 Å². The van der Waals surface area contributed by atoms with Gasteiger partial charge in [0.15, 0.2) is 0 Å². The van der Waals surface area contributed by atoms with E-state index in [0.717, 1.165) is 17.3 Å². The van der Waals surface area contributed by atoms with E-state index in [1.165, 1.54) is 4.57 Å². The van der Waals surface area contributed by atoms with Crippen LogP contribution in [0.15, 0.2) is 38.3 Å². The lowest BCUT2D eigenvalue weighted by Gasteiger charge is -2.33. The molecule has 0 amide bonds. The van der Waals surface area contributed by atoms with E-state index in [4.69, 9.17) is 11.6 Å². The number of nitrogens with one attached hydrogen (secondary N) is 1. The molecule has 1 fully saturated rings. The molecule has 1 aromatic carbocycles. The molecule has 1 aliphatic carbocycles. The fraction of sp³-hybridized carbons (Fsp3) is 0.333. The highest BCUT2D eigenvalue weighted by Crippen LogP contribution is 2.36. The second-order valence-electron chi connectivity index (χ2n) is 5.54. The van der Waals surface area contributed by atoms with Gasteiger partial charge >= 0.3 is 5.69 Å². The maximum absolute atomic E-state index is 12.7. The van der Waals surface area contributed by atoms with Crippen molar-refractivity contribution in [1.82, 2.24) is 9.55 Å². The van der Waals surface area contributed by atoms with E-state index in [2.05, 4.69) is 27.8 Å². The molecule has 0 radical (unpaired) electrons. The van der Waals surface area contributed by atoms with Crippen molar-refractivity contribution >= 4 is 27.5 Å². The van der Waals surface area contributed by atoms with Gasteiger partial charge in [-0.3, -0.25) is 14.3 Å². The minimum atomic E-state index is -0.430. The van der Waals surface area contributed by atoms with Gasteiger partial charge in [-0.2, -0.15) is 0 Å². The summed E-state index contributed by atoms with van der Waals surface area (Å²) in [7, 11) is 0. The van der Waals surface area contributed by atoms with Gasteiger partial charge in [0.1, 0.15) is 5.15 Å². The first-order chi connectivity index (χ1) is 9.97. The molecule has 0 aliphatic heterocycles. The van der Waals surface area contributed by atoms with Crippen LogP contribution < -0.4 is 11.2 Å². The second-order valence-corrected chi connectivity index (χ2v) is 6.83. The Morgan fingerprint density at radius 1 is 1.33 bits per heavy atom. The highest BCUT2D eigenvalue weighted by atomic mass is 79.9. The number of H-pyrrole nitrogens is 1. The largest absolute Gasteiger partial charge is 0.329 e. The van der Waals surface area contributed by atoms with Gasteiger partial charge in [-0.05, 0) is 36.5 Å². The molecule has 0 unspecified atom stereocenters. The van der Waals surface area contributed by atoms with Crippen LogP contribution in [0.3, 0.4) is 0 Å². The molecule has 0 atom stereocenters. The van der Waals surface area contributed by atoms with Crippen molar-refractivity contribution in [3.05, 3.63) is 54.7 Å². The Labute approximate surface area is 134 Å². The van der Waals surface area contributed by atoms with Crippen LogP contribution in [0, 0.1) is 5.92 Å². The van der Waals surface area contributed by atoms with Crippen molar-refractivity contribution in [3.8, 4) is 11.1 Å². The first-order valence-corrected chi connectivity index (χ1v) is 7.94. The standard InChI is InChI=1S/C15H14BrClN2O2/c1-8-5-11(6-8)19-14(20)12(13(17)18-15(19)21)9-3-2-4-10(16)7-9/h2-4,7-8,11H,5-6H2,1H3,(H,18,21). The number of rotatable bonds is 2. The topological polar surface area (TPSA) is 54.9 Å². The van der Waals surface area contributed by atoms with E-state index in [1.807, 2.05) is 18.2 Å². The lowest BCUT2D eigenvalue weighted by Crippen LogP contribution is -2.43. The van der Waals surface area contributed by atoms with E-state index >= 15 is 0 Å². The van der Waals surface area contributed by atoms with Crippen LogP contribution in [0.25, 0.3) is 11.1 Å². The van der Waals surface area contributed by atoms with Crippen molar-refractivity contribution < 1.29 is 0 Å². The summed E-state index contributed by atoms with van der Waals surface area (Å²) in [5.41, 5.74) is 0.285. The monoisotopic (exact) mass is 368 g/mol. The second kappa shape index (κ2) is 5.46. The van der Waals surface area contributed by atoms with Crippen LogP contribution in [-0.4, -0.2) is 9.55 Å². The summed E-state index contributed by atoms with van der Waals surface area (Å²) in [6.07, 6.45) is 1.70. The molecule has 1 saturated carbocycles. The number of hydrogen-bond acceptors (Lipinski definition) is 2. The molecule has 110 valence electrons. The predicted molar refractivity (Wildman–Crippen MR) is 86.9 cm³/mol. The Morgan fingerprint density at radius 3 is 2.67 bits per heavy atom. The van der Waals surface area contributed by atoms with Crippen LogP contribution in [0.4, 0.5) is 0 Å². The van der Waals surface area contributed by atoms with Crippen molar-refractivity contribution in [2.75, 3.05) is 0 Å². The molecule has 1 N–H and O–H groups in total. The Kier molecular flexibility index (Phi) is 3.80. The van der Waals surface area contributed by atoms with Crippen LogP contribution in [0.1, 0.15) is 25.8 Å². The Balaban J connectivity index is 2.20. The summed E-state index contributed by atoms with van der Waals surface area (Å²) in [6.45, 7) is 2.11. The number of aromatic amines is 1. The summed E-state index contributed by atoms with van der Waals surface area (Å²) in [5.74, 6) is 0.547. The molecular weight excluding hydrogens is 356 g/mol. The third-order valence-electron chi connectivity index (χ3n) is 3.91. The molecule has 21 heavy (non-hydrogen) atoms. The highest BCUT2D eigenvalue weighted by molar-refractivity contribution is 9.10. The van der Waals surface area contributed by atoms with Gasteiger partial charge in [0, 0.05) is 10.5 Å². The normalized spacial score (nSPS) is 21.1. The van der Waals surface area contributed by atoms with Gasteiger partial charge in [0.05, 0.1) is 5.56 Å². The average molecular weight is 370 g/mol. The molecule has 0 saturated heterocycles. The fourth-order valence-electron chi connectivity index (χ4n) is 2.82. The van der Waals surface area contributed by atoms with E-state index in [0.29, 0.717) is 17.0 Å². The zero-order valence-corrected chi connectivity index (χ0v) is 13.7. The summed E-state index contributed by atoms with van der Waals surface area (Å²) in [4.78, 5) is 27.4. The first kappa shape index (κ1) is 14.6. The summed E-state index contributed by atoms with van der Waals surface area (Å²) in [6, 6.07) is 7.29. The zero-order valence-electron chi connectivity index (χ0n) is 11.4. The maximum atomic E-state index is 12.7. The van der Waals surface area contributed by atoms with E-state index in [-0.39, 0.29) is 16.8 Å². The van der Waals surface area contributed by atoms with Gasteiger partial charge in [0.25, 0.3) is 5.56 Å². The van der Waals surface area contributed by atoms with Crippen molar-refractivity contribution in [2.45, 2.75) is 25.8 Å². The number of benzene rings is 1. The van der Waals surface area contributed by atoms with E-state index in [1.54, 1.807) is 6.07 Å². The van der Waals surface area contributed by atoms with Gasteiger partial charge < -0.3 is 0 Å².